The molecule has 0 aliphatic heterocycles. The van der Waals surface area contributed by atoms with E-state index in [2.05, 4.69) is 5.32 Å². The van der Waals surface area contributed by atoms with Gasteiger partial charge in [-0.25, -0.2) is 0 Å². The van der Waals surface area contributed by atoms with Crippen LogP contribution in [-0.4, -0.2) is 17.0 Å². The number of hydrogen-bond acceptors (Lipinski definition) is 2. The lowest BCUT2D eigenvalue weighted by Gasteiger charge is -2.41. The van der Waals surface area contributed by atoms with Crippen LogP contribution in [0, 0.1) is 35.5 Å². The summed E-state index contributed by atoms with van der Waals surface area (Å²) in [6, 6.07) is 5.00. The fourth-order valence-corrected chi connectivity index (χ4v) is 4.73. The Hall–Kier alpha value is -1.52. The second kappa shape index (κ2) is 5.25. The normalized spacial score (nSPS) is 36.4. The molecule has 2 N–H and O–H groups in total. The number of carboxylic acids is 1. The van der Waals surface area contributed by atoms with E-state index in [1.165, 1.54) is 0 Å². The molecule has 6 heteroatoms. The van der Waals surface area contributed by atoms with Crippen molar-refractivity contribution in [3.8, 4) is 0 Å². The molecule has 2 fully saturated rings. The minimum absolute atomic E-state index is 0.00376. The summed E-state index contributed by atoms with van der Waals surface area (Å²) in [7, 11) is 0. The molecule has 4 aliphatic carbocycles. The van der Waals surface area contributed by atoms with Gasteiger partial charge in [0.05, 0.1) is 27.6 Å². The number of carboxylic acid groups (broad SMARTS) is 1. The van der Waals surface area contributed by atoms with Crippen molar-refractivity contribution in [2.75, 3.05) is 5.32 Å². The van der Waals surface area contributed by atoms with Crippen LogP contribution in [0.4, 0.5) is 5.69 Å². The molecule has 4 aliphatic rings. The van der Waals surface area contributed by atoms with Gasteiger partial charge in [0.1, 0.15) is 0 Å². The van der Waals surface area contributed by atoms with E-state index in [0.29, 0.717) is 22.5 Å². The number of rotatable bonds is 3. The summed E-state index contributed by atoms with van der Waals surface area (Å²) in [5.74, 6) is -1.54. The first-order valence-electron chi connectivity index (χ1n) is 7.65. The quantitative estimate of drug-likeness (QED) is 0.816. The second-order valence-corrected chi connectivity index (χ2v) is 7.37. The third-order valence-electron chi connectivity index (χ3n) is 5.45. The SMILES string of the molecule is O=C(O)[C@@H]1[C@H]2C=C[C@@H]([C@@H]3C[C@@H]23)[C@H]1C(=O)Nc1cccc(Cl)c1Cl. The van der Waals surface area contributed by atoms with Gasteiger partial charge in [0.2, 0.25) is 5.91 Å². The first kappa shape index (κ1) is 15.0. The molecule has 0 radical (unpaired) electrons. The zero-order chi connectivity index (χ0) is 16.3. The lowest BCUT2D eigenvalue weighted by molar-refractivity contribution is -0.152. The van der Waals surface area contributed by atoms with E-state index in [9.17, 15) is 14.7 Å². The van der Waals surface area contributed by atoms with Crippen LogP contribution in [-0.2, 0) is 9.59 Å². The number of carbonyl (C=O) groups excluding carboxylic acids is 1. The van der Waals surface area contributed by atoms with Crippen molar-refractivity contribution < 1.29 is 14.7 Å². The Morgan fingerprint density at radius 1 is 1.09 bits per heavy atom. The van der Waals surface area contributed by atoms with Gasteiger partial charge in [0, 0.05) is 0 Å². The number of aliphatic carboxylic acids is 1. The molecule has 120 valence electrons. The van der Waals surface area contributed by atoms with Crippen LogP contribution in [0.2, 0.25) is 10.0 Å². The van der Waals surface area contributed by atoms with E-state index in [1.54, 1.807) is 18.2 Å². The van der Waals surface area contributed by atoms with Crippen molar-refractivity contribution in [3.05, 3.63) is 40.4 Å². The summed E-state index contributed by atoms with van der Waals surface area (Å²) in [5, 5.41) is 13.0. The van der Waals surface area contributed by atoms with Crippen LogP contribution >= 0.6 is 23.2 Å². The van der Waals surface area contributed by atoms with Gasteiger partial charge in [-0.1, -0.05) is 41.4 Å². The highest BCUT2D eigenvalue weighted by Crippen LogP contribution is 2.63. The van der Waals surface area contributed by atoms with Gasteiger partial charge in [0.25, 0.3) is 0 Å². The van der Waals surface area contributed by atoms with E-state index in [0.717, 1.165) is 6.42 Å². The number of fused-ring (bicyclic) bond motifs is 1. The lowest BCUT2D eigenvalue weighted by atomic mass is 9.62. The molecule has 2 saturated carbocycles. The minimum atomic E-state index is -0.896. The summed E-state index contributed by atoms with van der Waals surface area (Å²) in [6.07, 6.45) is 5.05. The highest BCUT2D eigenvalue weighted by atomic mass is 35.5. The monoisotopic (exact) mass is 351 g/mol. The number of amides is 1. The van der Waals surface area contributed by atoms with Gasteiger partial charge in [-0.3, -0.25) is 9.59 Å². The Labute approximate surface area is 143 Å². The van der Waals surface area contributed by atoms with Crippen molar-refractivity contribution in [3.63, 3.8) is 0 Å². The molecular formula is C17H15Cl2NO3. The zero-order valence-electron chi connectivity index (χ0n) is 12.1. The number of allylic oxidation sites excluding steroid dienone is 2. The molecular weight excluding hydrogens is 337 g/mol. The number of hydrogen-bond donors (Lipinski definition) is 2. The molecule has 6 atom stereocenters. The van der Waals surface area contributed by atoms with Crippen LogP contribution < -0.4 is 5.32 Å². The Balaban J connectivity index is 1.63. The molecule has 0 saturated heterocycles. The topological polar surface area (TPSA) is 66.4 Å². The Morgan fingerprint density at radius 2 is 1.74 bits per heavy atom. The van der Waals surface area contributed by atoms with Gasteiger partial charge in [-0.05, 0) is 42.2 Å². The zero-order valence-corrected chi connectivity index (χ0v) is 13.6. The number of halogens is 2. The number of carbonyl (C=O) groups is 2. The molecule has 5 rings (SSSR count). The molecule has 23 heavy (non-hydrogen) atoms. The van der Waals surface area contributed by atoms with Crippen LogP contribution in [0.15, 0.2) is 30.4 Å². The minimum Gasteiger partial charge on any atom is -0.481 e. The van der Waals surface area contributed by atoms with Crippen molar-refractivity contribution in [2.45, 2.75) is 6.42 Å². The maximum Gasteiger partial charge on any atom is 0.307 e. The molecule has 0 aromatic heterocycles. The van der Waals surface area contributed by atoms with E-state index >= 15 is 0 Å². The maximum atomic E-state index is 12.8. The Kier molecular flexibility index (Phi) is 3.43. The van der Waals surface area contributed by atoms with Crippen LogP contribution in [0.25, 0.3) is 0 Å². The van der Waals surface area contributed by atoms with Gasteiger partial charge in [-0.15, -0.1) is 0 Å². The van der Waals surface area contributed by atoms with E-state index in [1.807, 2.05) is 12.2 Å². The Morgan fingerprint density at radius 3 is 2.39 bits per heavy atom. The van der Waals surface area contributed by atoms with Crippen LogP contribution in [0.3, 0.4) is 0 Å². The Bertz CT molecular complexity index is 733. The van der Waals surface area contributed by atoms with Crippen molar-refractivity contribution in [1.82, 2.24) is 0 Å². The molecule has 1 aromatic rings. The standard InChI is InChI=1S/C17H15Cl2NO3/c18-11-2-1-3-12(15(11)19)20-16(21)13-7-4-5-8(10-6-9(7)10)14(13)17(22)23/h1-5,7-10,13-14H,6H2,(H,20,21)(H,22,23)/t7-,8-,9-,10-,13+,14+/m0/s1. The molecule has 1 aromatic carbocycles. The molecule has 4 nitrogen and oxygen atoms in total. The third-order valence-corrected chi connectivity index (χ3v) is 6.27. The molecule has 2 bridgehead atoms. The van der Waals surface area contributed by atoms with E-state index in [-0.39, 0.29) is 22.8 Å². The average Bonchev–Trinajstić information content (AvgIpc) is 3.33. The lowest BCUT2D eigenvalue weighted by Crippen LogP contribution is -2.48. The summed E-state index contributed by atoms with van der Waals surface area (Å²) in [6.45, 7) is 0. The van der Waals surface area contributed by atoms with Gasteiger partial charge < -0.3 is 10.4 Å². The predicted molar refractivity (Wildman–Crippen MR) is 87.4 cm³/mol. The number of benzene rings is 1. The summed E-state index contributed by atoms with van der Waals surface area (Å²) >= 11 is 12.1. The second-order valence-electron chi connectivity index (χ2n) is 6.58. The van der Waals surface area contributed by atoms with Crippen molar-refractivity contribution in [1.29, 1.82) is 0 Å². The highest BCUT2D eigenvalue weighted by Gasteiger charge is 2.62. The van der Waals surface area contributed by atoms with E-state index in [4.69, 9.17) is 23.2 Å². The summed E-state index contributed by atoms with van der Waals surface area (Å²) in [4.78, 5) is 24.5. The number of anilines is 1. The maximum absolute atomic E-state index is 12.8. The van der Waals surface area contributed by atoms with Crippen molar-refractivity contribution >= 4 is 40.8 Å². The fraction of sp³-hybridized carbons (Fsp3) is 0.412. The van der Waals surface area contributed by atoms with E-state index < -0.39 is 17.8 Å². The molecule has 0 heterocycles. The molecule has 0 unspecified atom stereocenters. The average molecular weight is 352 g/mol. The predicted octanol–water partition coefficient (Wildman–Crippen LogP) is 3.70. The molecule has 0 spiro atoms. The number of nitrogens with one attached hydrogen (secondary N) is 1. The van der Waals surface area contributed by atoms with Gasteiger partial charge in [0.15, 0.2) is 0 Å². The van der Waals surface area contributed by atoms with Gasteiger partial charge in [-0.2, -0.15) is 0 Å². The van der Waals surface area contributed by atoms with Crippen LogP contribution in [0.5, 0.6) is 0 Å². The van der Waals surface area contributed by atoms with Crippen molar-refractivity contribution in [2.24, 2.45) is 35.5 Å². The molecule has 1 amide bonds. The summed E-state index contributed by atoms with van der Waals surface area (Å²) in [5.41, 5.74) is 0.422. The smallest absolute Gasteiger partial charge is 0.307 e. The summed E-state index contributed by atoms with van der Waals surface area (Å²) < 4.78 is 0. The first-order chi connectivity index (χ1) is 11.0. The first-order valence-corrected chi connectivity index (χ1v) is 8.40. The van der Waals surface area contributed by atoms with Crippen LogP contribution in [0.1, 0.15) is 6.42 Å². The van der Waals surface area contributed by atoms with Gasteiger partial charge >= 0.3 is 5.97 Å². The highest BCUT2D eigenvalue weighted by molar-refractivity contribution is 6.44. The third kappa shape index (κ3) is 2.27. The largest absolute Gasteiger partial charge is 0.481 e. The fourth-order valence-electron chi connectivity index (χ4n) is 4.39.